The van der Waals surface area contributed by atoms with Gasteiger partial charge in [-0.3, -0.25) is 0 Å². The Bertz CT molecular complexity index is 764. The van der Waals surface area contributed by atoms with Crippen molar-refractivity contribution in [2.75, 3.05) is 0 Å². The minimum Gasteiger partial charge on any atom is -0.434 e. The van der Waals surface area contributed by atoms with E-state index in [0.29, 0.717) is 29.5 Å². The molecule has 1 aliphatic rings. The van der Waals surface area contributed by atoms with Crippen LogP contribution in [0.15, 0.2) is 24.3 Å². The van der Waals surface area contributed by atoms with E-state index < -0.39 is 12.4 Å². The quantitative estimate of drug-likeness (QED) is 0.482. The summed E-state index contributed by atoms with van der Waals surface area (Å²) in [6.45, 7) is 1.18. The third-order valence-corrected chi connectivity index (χ3v) is 5.89. The summed E-state index contributed by atoms with van der Waals surface area (Å²) >= 11 is 0. The SMILES string of the molecule is CCCc1c(OC(F)F)cc2cc(C3CCC(CCC)CC3)ccc2c1F. The van der Waals surface area contributed by atoms with Gasteiger partial charge >= 0.3 is 6.61 Å². The smallest absolute Gasteiger partial charge is 0.387 e. The second-order valence-corrected chi connectivity index (χ2v) is 7.78. The normalized spacial score (nSPS) is 20.4. The van der Waals surface area contributed by atoms with Gasteiger partial charge in [-0.1, -0.05) is 51.3 Å². The Morgan fingerprint density at radius 3 is 2.41 bits per heavy atom. The topological polar surface area (TPSA) is 9.23 Å². The number of alkyl halides is 2. The summed E-state index contributed by atoms with van der Waals surface area (Å²) in [4.78, 5) is 0. The molecular formula is C23H29F3O. The number of benzene rings is 2. The molecule has 3 rings (SSSR count). The van der Waals surface area contributed by atoms with Gasteiger partial charge in [-0.15, -0.1) is 0 Å². The molecule has 0 unspecified atom stereocenters. The highest BCUT2D eigenvalue weighted by Gasteiger charge is 2.23. The standard InChI is InChI=1S/C23H29F3O/c1-3-5-15-7-9-16(10-8-15)17-11-12-19-18(13-17)14-21(27-23(25)26)20(6-4-2)22(19)24/h11-16,23H,3-10H2,1-2H3. The van der Waals surface area contributed by atoms with Crippen LogP contribution in [0.5, 0.6) is 5.75 Å². The average Bonchev–Trinajstić information content (AvgIpc) is 2.65. The second-order valence-electron chi connectivity index (χ2n) is 7.78. The predicted molar refractivity (Wildman–Crippen MR) is 104 cm³/mol. The Hall–Kier alpha value is -1.71. The molecule has 2 aromatic carbocycles. The van der Waals surface area contributed by atoms with Crippen molar-refractivity contribution in [3.63, 3.8) is 0 Å². The van der Waals surface area contributed by atoms with Gasteiger partial charge in [0.05, 0.1) is 0 Å². The fraction of sp³-hybridized carbons (Fsp3) is 0.565. The predicted octanol–water partition coefficient (Wildman–Crippen LogP) is 7.61. The van der Waals surface area contributed by atoms with Crippen molar-refractivity contribution in [3.8, 4) is 5.75 Å². The first-order chi connectivity index (χ1) is 13.0. The zero-order valence-corrected chi connectivity index (χ0v) is 16.2. The van der Waals surface area contributed by atoms with Crippen molar-refractivity contribution in [3.05, 3.63) is 41.2 Å². The van der Waals surface area contributed by atoms with Crippen molar-refractivity contribution in [1.29, 1.82) is 0 Å². The highest BCUT2D eigenvalue weighted by atomic mass is 19.3. The van der Waals surface area contributed by atoms with Crippen LogP contribution in [0.1, 0.15) is 75.8 Å². The Morgan fingerprint density at radius 2 is 1.78 bits per heavy atom. The molecule has 27 heavy (non-hydrogen) atoms. The molecule has 1 nitrogen and oxygen atoms in total. The van der Waals surface area contributed by atoms with Gasteiger partial charge in [0, 0.05) is 10.9 Å². The summed E-state index contributed by atoms with van der Waals surface area (Å²) in [6, 6.07) is 7.38. The van der Waals surface area contributed by atoms with E-state index in [1.54, 1.807) is 6.07 Å². The molecule has 0 aromatic heterocycles. The van der Waals surface area contributed by atoms with Gasteiger partial charge in [-0.2, -0.15) is 8.78 Å². The maximum absolute atomic E-state index is 15.0. The molecule has 0 amide bonds. The van der Waals surface area contributed by atoms with Crippen LogP contribution in [0, 0.1) is 11.7 Å². The van der Waals surface area contributed by atoms with Crippen LogP contribution in [0.4, 0.5) is 13.2 Å². The third kappa shape index (κ3) is 4.59. The maximum atomic E-state index is 15.0. The van der Waals surface area contributed by atoms with Gasteiger partial charge < -0.3 is 4.74 Å². The molecule has 1 aliphatic carbocycles. The van der Waals surface area contributed by atoms with E-state index in [4.69, 9.17) is 0 Å². The molecule has 0 saturated heterocycles. The van der Waals surface area contributed by atoms with E-state index in [-0.39, 0.29) is 11.3 Å². The first kappa shape index (κ1) is 20.0. The van der Waals surface area contributed by atoms with Gasteiger partial charge in [0.1, 0.15) is 11.6 Å². The van der Waals surface area contributed by atoms with Crippen LogP contribution in [0.3, 0.4) is 0 Å². The second kappa shape index (κ2) is 8.99. The van der Waals surface area contributed by atoms with Crippen LogP contribution < -0.4 is 4.74 Å². The van der Waals surface area contributed by atoms with Crippen molar-refractivity contribution < 1.29 is 17.9 Å². The molecule has 0 N–H and O–H groups in total. The van der Waals surface area contributed by atoms with Crippen LogP contribution in [-0.2, 0) is 6.42 Å². The molecule has 0 atom stereocenters. The summed E-state index contributed by atoms with van der Waals surface area (Å²) in [5, 5.41) is 1.14. The Labute approximate surface area is 159 Å². The van der Waals surface area contributed by atoms with Gasteiger partial charge in [0.25, 0.3) is 0 Å². The molecule has 0 radical (unpaired) electrons. The molecule has 1 saturated carbocycles. The summed E-state index contributed by atoms with van der Waals surface area (Å²) in [5.41, 5.74) is 1.43. The van der Waals surface area contributed by atoms with Crippen molar-refractivity contribution in [1.82, 2.24) is 0 Å². The lowest BCUT2D eigenvalue weighted by molar-refractivity contribution is -0.0505. The fourth-order valence-corrected chi connectivity index (χ4v) is 4.53. The first-order valence-electron chi connectivity index (χ1n) is 10.2. The summed E-state index contributed by atoms with van der Waals surface area (Å²) in [6.07, 6.45) is 8.34. The summed E-state index contributed by atoms with van der Waals surface area (Å²) < 4.78 is 45.2. The monoisotopic (exact) mass is 378 g/mol. The lowest BCUT2D eigenvalue weighted by atomic mass is 9.77. The molecule has 2 aromatic rings. The van der Waals surface area contributed by atoms with E-state index in [2.05, 4.69) is 11.7 Å². The summed E-state index contributed by atoms with van der Waals surface area (Å²) in [5.74, 6) is 0.844. The number of hydrogen-bond acceptors (Lipinski definition) is 1. The number of halogens is 3. The Balaban J connectivity index is 1.91. The van der Waals surface area contributed by atoms with E-state index in [9.17, 15) is 13.2 Å². The maximum Gasteiger partial charge on any atom is 0.387 e. The highest BCUT2D eigenvalue weighted by molar-refractivity contribution is 5.86. The minimum atomic E-state index is -2.95. The van der Waals surface area contributed by atoms with Gasteiger partial charge in [-0.25, -0.2) is 4.39 Å². The number of hydrogen-bond donors (Lipinski definition) is 0. The van der Waals surface area contributed by atoms with E-state index >= 15 is 0 Å². The van der Waals surface area contributed by atoms with E-state index in [0.717, 1.165) is 18.8 Å². The zero-order chi connectivity index (χ0) is 19.4. The van der Waals surface area contributed by atoms with Crippen molar-refractivity contribution >= 4 is 10.8 Å². The Kier molecular flexibility index (Phi) is 6.67. The van der Waals surface area contributed by atoms with Crippen LogP contribution >= 0.6 is 0 Å². The molecule has 0 heterocycles. The lowest BCUT2D eigenvalue weighted by Gasteiger charge is -2.29. The number of rotatable bonds is 7. The van der Waals surface area contributed by atoms with Crippen molar-refractivity contribution in [2.24, 2.45) is 5.92 Å². The van der Waals surface area contributed by atoms with E-state index in [1.165, 1.54) is 31.2 Å². The molecule has 1 fully saturated rings. The van der Waals surface area contributed by atoms with E-state index in [1.807, 2.05) is 25.1 Å². The molecule has 0 aliphatic heterocycles. The minimum absolute atomic E-state index is 0.0272. The molecule has 4 heteroatoms. The molecule has 0 spiro atoms. The highest BCUT2D eigenvalue weighted by Crippen LogP contribution is 2.39. The average molecular weight is 378 g/mol. The Morgan fingerprint density at radius 1 is 1.04 bits per heavy atom. The number of fused-ring (bicyclic) bond motifs is 1. The third-order valence-electron chi connectivity index (χ3n) is 5.89. The van der Waals surface area contributed by atoms with Crippen LogP contribution in [-0.4, -0.2) is 6.61 Å². The van der Waals surface area contributed by atoms with Crippen molar-refractivity contribution in [2.45, 2.75) is 77.7 Å². The summed E-state index contributed by atoms with van der Waals surface area (Å²) in [7, 11) is 0. The lowest BCUT2D eigenvalue weighted by Crippen LogP contribution is -2.13. The van der Waals surface area contributed by atoms with Crippen LogP contribution in [0.25, 0.3) is 10.8 Å². The number of ether oxygens (including phenoxy) is 1. The van der Waals surface area contributed by atoms with Gasteiger partial charge in [-0.05, 0) is 61.0 Å². The van der Waals surface area contributed by atoms with Crippen LogP contribution in [0.2, 0.25) is 0 Å². The first-order valence-corrected chi connectivity index (χ1v) is 10.2. The molecular weight excluding hydrogens is 349 g/mol. The fourth-order valence-electron chi connectivity index (χ4n) is 4.53. The molecule has 148 valence electrons. The molecule has 0 bridgehead atoms. The zero-order valence-electron chi connectivity index (χ0n) is 16.2. The largest absolute Gasteiger partial charge is 0.434 e. The van der Waals surface area contributed by atoms with Gasteiger partial charge in [0.15, 0.2) is 0 Å². The van der Waals surface area contributed by atoms with Gasteiger partial charge in [0.2, 0.25) is 0 Å².